The minimum atomic E-state index is -3.93. The molecule has 0 aliphatic carbocycles. The predicted octanol–water partition coefficient (Wildman–Crippen LogP) is 1.52. The molecule has 0 bridgehead atoms. The fourth-order valence-corrected chi connectivity index (χ4v) is 4.45. The number of carboxylic acid groups (broad SMARTS) is 1. The van der Waals surface area contributed by atoms with Crippen molar-refractivity contribution >= 4 is 27.3 Å². The minimum Gasteiger partial charge on any atom is -0.477 e. The van der Waals surface area contributed by atoms with Gasteiger partial charge in [0, 0.05) is 12.6 Å². The summed E-state index contributed by atoms with van der Waals surface area (Å²) in [5.41, 5.74) is -0.394. The van der Waals surface area contributed by atoms with Gasteiger partial charge < -0.3 is 10.2 Å². The van der Waals surface area contributed by atoms with Gasteiger partial charge in [0.1, 0.15) is 9.77 Å². The third kappa shape index (κ3) is 4.02. The Morgan fingerprint density at radius 1 is 1.45 bits per heavy atom. The van der Waals surface area contributed by atoms with Gasteiger partial charge in [-0.1, -0.05) is 20.8 Å². The van der Waals surface area contributed by atoms with Crippen LogP contribution in [-0.4, -0.2) is 37.2 Å². The van der Waals surface area contributed by atoms with Gasteiger partial charge in [0.15, 0.2) is 0 Å². The van der Waals surface area contributed by atoms with E-state index in [-0.39, 0.29) is 22.8 Å². The standard InChI is InChI=1S/C12H19NO5S2/c1-12(2,3)9(4-6-14)13-20(17,18)8-5-7-19-10(8)11(15)16/h5,7,9,13-14H,4,6H2,1-3H3,(H,15,16). The molecule has 1 rings (SSSR count). The first-order chi connectivity index (χ1) is 9.09. The molecule has 0 saturated carbocycles. The second-order valence-electron chi connectivity index (χ2n) is 5.47. The first-order valence-electron chi connectivity index (χ1n) is 6.03. The molecule has 3 N–H and O–H groups in total. The van der Waals surface area contributed by atoms with Crippen molar-refractivity contribution in [2.45, 2.75) is 38.1 Å². The number of aliphatic hydroxyl groups is 1. The van der Waals surface area contributed by atoms with Crippen molar-refractivity contribution in [3.63, 3.8) is 0 Å². The Bertz CT molecular complexity index is 571. The topological polar surface area (TPSA) is 104 Å². The second kappa shape index (κ2) is 6.21. The molecule has 8 heteroatoms. The normalized spacial score (nSPS) is 14.2. The molecule has 0 radical (unpaired) electrons. The van der Waals surface area contributed by atoms with Gasteiger partial charge in [-0.3, -0.25) is 0 Å². The van der Waals surface area contributed by atoms with Crippen LogP contribution in [0, 0.1) is 5.41 Å². The number of hydrogen-bond donors (Lipinski definition) is 3. The van der Waals surface area contributed by atoms with E-state index < -0.39 is 27.4 Å². The maximum atomic E-state index is 12.3. The average molecular weight is 321 g/mol. The van der Waals surface area contributed by atoms with E-state index in [0.717, 1.165) is 11.3 Å². The second-order valence-corrected chi connectivity index (χ2v) is 8.07. The minimum absolute atomic E-state index is 0.153. The van der Waals surface area contributed by atoms with Crippen molar-refractivity contribution < 1.29 is 23.4 Å². The Hall–Kier alpha value is -0.960. The highest BCUT2D eigenvalue weighted by Gasteiger charge is 2.31. The molecule has 0 fully saturated rings. The quantitative estimate of drug-likeness (QED) is 0.737. The smallest absolute Gasteiger partial charge is 0.347 e. The number of thiophene rings is 1. The number of sulfonamides is 1. The van der Waals surface area contributed by atoms with Crippen molar-refractivity contribution in [2.75, 3.05) is 6.61 Å². The highest BCUT2D eigenvalue weighted by molar-refractivity contribution is 7.89. The van der Waals surface area contributed by atoms with E-state index in [1.54, 1.807) is 0 Å². The van der Waals surface area contributed by atoms with Crippen molar-refractivity contribution in [1.82, 2.24) is 4.72 Å². The zero-order valence-electron chi connectivity index (χ0n) is 11.6. The highest BCUT2D eigenvalue weighted by Crippen LogP contribution is 2.26. The highest BCUT2D eigenvalue weighted by atomic mass is 32.2. The van der Waals surface area contributed by atoms with Gasteiger partial charge >= 0.3 is 5.97 Å². The lowest BCUT2D eigenvalue weighted by molar-refractivity contribution is 0.0698. The van der Waals surface area contributed by atoms with Gasteiger partial charge in [0.05, 0.1) is 0 Å². The lowest BCUT2D eigenvalue weighted by Crippen LogP contribution is -2.44. The van der Waals surface area contributed by atoms with E-state index in [1.807, 2.05) is 20.8 Å². The number of carbonyl (C=O) groups is 1. The third-order valence-electron chi connectivity index (χ3n) is 2.87. The van der Waals surface area contributed by atoms with E-state index in [0.29, 0.717) is 0 Å². The maximum Gasteiger partial charge on any atom is 0.347 e. The molecule has 0 amide bonds. The van der Waals surface area contributed by atoms with E-state index in [9.17, 15) is 13.2 Å². The van der Waals surface area contributed by atoms with Gasteiger partial charge in [-0.15, -0.1) is 11.3 Å². The molecule has 6 nitrogen and oxygen atoms in total. The summed E-state index contributed by atoms with van der Waals surface area (Å²) in [5.74, 6) is -1.27. The molecule has 0 aliphatic rings. The summed E-state index contributed by atoms with van der Waals surface area (Å²) in [5, 5.41) is 19.5. The van der Waals surface area contributed by atoms with E-state index >= 15 is 0 Å². The Balaban J connectivity index is 3.10. The van der Waals surface area contributed by atoms with Crippen LogP contribution in [0.1, 0.15) is 36.9 Å². The number of nitrogens with one attached hydrogen (secondary N) is 1. The number of hydrogen-bond acceptors (Lipinski definition) is 5. The van der Waals surface area contributed by atoms with Crippen LogP contribution in [0.15, 0.2) is 16.3 Å². The fourth-order valence-electron chi connectivity index (χ4n) is 1.71. The maximum absolute atomic E-state index is 12.3. The van der Waals surface area contributed by atoms with Gasteiger partial charge in [0.2, 0.25) is 10.0 Å². The first kappa shape index (κ1) is 17.1. The van der Waals surface area contributed by atoms with Gasteiger partial charge in [-0.25, -0.2) is 17.9 Å². The molecule has 114 valence electrons. The third-order valence-corrected chi connectivity index (χ3v) is 5.42. The van der Waals surface area contributed by atoms with Gasteiger partial charge in [0.25, 0.3) is 0 Å². The van der Waals surface area contributed by atoms with Crippen molar-refractivity contribution in [2.24, 2.45) is 5.41 Å². The number of aromatic carboxylic acids is 1. The zero-order valence-corrected chi connectivity index (χ0v) is 13.2. The summed E-state index contributed by atoms with van der Waals surface area (Å²) in [6.45, 7) is 5.39. The lowest BCUT2D eigenvalue weighted by Gasteiger charge is -2.30. The van der Waals surface area contributed by atoms with Crippen LogP contribution in [0.5, 0.6) is 0 Å². The zero-order chi connectivity index (χ0) is 15.6. The Morgan fingerprint density at radius 3 is 2.50 bits per heavy atom. The van der Waals surface area contributed by atoms with Crippen molar-refractivity contribution in [3.8, 4) is 0 Å². The Labute approximate surface area is 122 Å². The van der Waals surface area contributed by atoms with Crippen LogP contribution >= 0.6 is 11.3 Å². The molecule has 20 heavy (non-hydrogen) atoms. The SMILES string of the molecule is CC(C)(C)C(CCO)NS(=O)(=O)c1ccsc1C(=O)O. The average Bonchev–Trinajstić information content (AvgIpc) is 2.76. The van der Waals surface area contributed by atoms with Crippen LogP contribution in [0.25, 0.3) is 0 Å². The molecular formula is C12H19NO5S2. The van der Waals surface area contributed by atoms with Crippen LogP contribution < -0.4 is 4.72 Å². The van der Waals surface area contributed by atoms with Crippen molar-refractivity contribution in [3.05, 3.63) is 16.3 Å². The fraction of sp³-hybridized carbons (Fsp3) is 0.583. The largest absolute Gasteiger partial charge is 0.477 e. The Morgan fingerprint density at radius 2 is 2.05 bits per heavy atom. The summed E-state index contributed by atoms with van der Waals surface area (Å²) in [7, 11) is -3.93. The number of carboxylic acids is 1. The van der Waals surface area contributed by atoms with E-state index in [1.165, 1.54) is 11.4 Å². The van der Waals surface area contributed by atoms with Crippen molar-refractivity contribution in [1.29, 1.82) is 0 Å². The molecular weight excluding hydrogens is 302 g/mol. The number of aliphatic hydroxyl groups excluding tert-OH is 1. The Kier molecular flexibility index (Phi) is 5.31. The lowest BCUT2D eigenvalue weighted by atomic mass is 9.86. The van der Waals surface area contributed by atoms with E-state index in [2.05, 4.69) is 4.72 Å². The van der Waals surface area contributed by atoms with Crippen LogP contribution in [0.4, 0.5) is 0 Å². The summed E-state index contributed by atoms with van der Waals surface area (Å²) in [4.78, 5) is 10.6. The summed E-state index contributed by atoms with van der Waals surface area (Å²) in [6.07, 6.45) is 0.259. The van der Waals surface area contributed by atoms with Gasteiger partial charge in [-0.2, -0.15) is 0 Å². The first-order valence-corrected chi connectivity index (χ1v) is 8.40. The molecule has 1 heterocycles. The molecule has 1 aromatic heterocycles. The van der Waals surface area contributed by atoms with Crippen LogP contribution in [0.2, 0.25) is 0 Å². The predicted molar refractivity (Wildman–Crippen MR) is 76.5 cm³/mol. The molecule has 0 spiro atoms. The molecule has 1 atom stereocenters. The monoisotopic (exact) mass is 321 g/mol. The molecule has 0 aliphatic heterocycles. The molecule has 0 saturated heterocycles. The van der Waals surface area contributed by atoms with Gasteiger partial charge in [-0.05, 0) is 23.3 Å². The van der Waals surface area contributed by atoms with Crippen LogP contribution in [-0.2, 0) is 10.0 Å². The molecule has 0 aromatic carbocycles. The van der Waals surface area contributed by atoms with E-state index in [4.69, 9.17) is 10.2 Å². The summed E-state index contributed by atoms with van der Waals surface area (Å²) < 4.78 is 27.1. The summed E-state index contributed by atoms with van der Waals surface area (Å²) >= 11 is 0.864. The van der Waals surface area contributed by atoms with Crippen LogP contribution in [0.3, 0.4) is 0 Å². The molecule has 1 aromatic rings. The number of rotatable bonds is 6. The molecule has 1 unspecified atom stereocenters. The summed E-state index contributed by atoms with van der Waals surface area (Å²) in [6, 6.07) is 0.786.